The molecule has 0 saturated heterocycles. The van der Waals surface area contributed by atoms with Crippen molar-refractivity contribution in [3.8, 4) is 11.3 Å². The summed E-state index contributed by atoms with van der Waals surface area (Å²) >= 11 is 0. The Morgan fingerprint density at radius 1 is 1.00 bits per heavy atom. The fourth-order valence-electron chi connectivity index (χ4n) is 3.63. The van der Waals surface area contributed by atoms with Crippen LogP contribution >= 0.6 is 0 Å². The molecule has 2 saturated carbocycles. The third kappa shape index (κ3) is 3.03. The smallest absolute Gasteiger partial charge is 0.254 e. The van der Waals surface area contributed by atoms with E-state index in [4.69, 9.17) is 4.42 Å². The molecule has 4 rings (SSSR count). The van der Waals surface area contributed by atoms with Gasteiger partial charge in [-0.05, 0) is 37.8 Å². The van der Waals surface area contributed by atoms with Crippen LogP contribution in [0, 0.1) is 0 Å². The summed E-state index contributed by atoms with van der Waals surface area (Å²) in [5.41, 5.74) is 1.74. The van der Waals surface area contributed by atoms with Gasteiger partial charge in [-0.15, -0.1) is 0 Å². The molecule has 0 radical (unpaired) electrons. The number of oxazole rings is 1. The number of hydrogen-bond donors (Lipinski definition) is 0. The van der Waals surface area contributed by atoms with Crippen LogP contribution in [0.1, 0.15) is 55.3 Å². The second kappa shape index (κ2) is 6.19. The first-order valence-electron chi connectivity index (χ1n) is 8.64. The van der Waals surface area contributed by atoms with Gasteiger partial charge in [0.25, 0.3) is 5.91 Å². The Labute approximate surface area is 136 Å². The molecule has 2 fully saturated rings. The summed E-state index contributed by atoms with van der Waals surface area (Å²) in [5.74, 6) is 0.929. The molecule has 23 heavy (non-hydrogen) atoms. The molecule has 0 aliphatic heterocycles. The Bertz CT molecular complexity index is 653. The predicted molar refractivity (Wildman–Crippen MR) is 88.0 cm³/mol. The second-order valence-electron chi connectivity index (χ2n) is 6.68. The quantitative estimate of drug-likeness (QED) is 0.847. The molecule has 2 aliphatic carbocycles. The number of hydrogen-bond acceptors (Lipinski definition) is 3. The van der Waals surface area contributed by atoms with Crippen molar-refractivity contribution >= 4 is 5.91 Å². The highest BCUT2D eigenvalue weighted by Gasteiger charge is 2.38. The normalized spacial score (nSPS) is 18.8. The van der Waals surface area contributed by atoms with Gasteiger partial charge in [0.2, 0.25) is 0 Å². The zero-order valence-electron chi connectivity index (χ0n) is 13.3. The Hall–Kier alpha value is -2.10. The lowest BCUT2D eigenvalue weighted by molar-refractivity contribution is 0.0614. The SMILES string of the molecule is O=C(c1ccc(-c2cnco2)cc1)N(C1CCCCC1)C1CC1. The van der Waals surface area contributed by atoms with E-state index < -0.39 is 0 Å². The first-order chi connectivity index (χ1) is 11.3. The summed E-state index contributed by atoms with van der Waals surface area (Å²) in [6, 6.07) is 8.63. The molecule has 0 unspecified atom stereocenters. The number of carbonyl (C=O) groups is 1. The summed E-state index contributed by atoms with van der Waals surface area (Å²) in [4.78, 5) is 19.1. The zero-order chi connectivity index (χ0) is 15.6. The molecule has 0 bridgehead atoms. The van der Waals surface area contributed by atoms with Gasteiger partial charge in [-0.25, -0.2) is 4.98 Å². The lowest BCUT2D eigenvalue weighted by Gasteiger charge is -2.34. The Morgan fingerprint density at radius 3 is 2.30 bits per heavy atom. The van der Waals surface area contributed by atoms with E-state index >= 15 is 0 Å². The van der Waals surface area contributed by atoms with Gasteiger partial charge in [0.05, 0.1) is 6.20 Å². The minimum absolute atomic E-state index is 0.198. The molecule has 4 nitrogen and oxygen atoms in total. The number of nitrogens with zero attached hydrogens (tertiary/aromatic N) is 2. The van der Waals surface area contributed by atoms with Gasteiger partial charge in [0, 0.05) is 23.2 Å². The Morgan fingerprint density at radius 2 is 1.70 bits per heavy atom. The Kier molecular flexibility index (Phi) is 3.90. The molecule has 1 aromatic carbocycles. The van der Waals surface area contributed by atoms with E-state index in [1.807, 2.05) is 24.3 Å². The van der Waals surface area contributed by atoms with Crippen molar-refractivity contribution in [2.75, 3.05) is 0 Å². The predicted octanol–water partition coefficient (Wildman–Crippen LogP) is 4.28. The van der Waals surface area contributed by atoms with Gasteiger partial charge in [-0.3, -0.25) is 4.79 Å². The molecule has 1 amide bonds. The minimum Gasteiger partial charge on any atom is -0.444 e. The van der Waals surface area contributed by atoms with Gasteiger partial charge in [0.15, 0.2) is 12.2 Å². The van der Waals surface area contributed by atoms with Crippen molar-refractivity contribution in [2.45, 2.75) is 57.0 Å². The largest absolute Gasteiger partial charge is 0.444 e. The number of rotatable bonds is 4. The number of amides is 1. The van der Waals surface area contributed by atoms with Crippen LogP contribution in [0.15, 0.2) is 41.3 Å². The molecule has 2 aromatic rings. The van der Waals surface area contributed by atoms with Gasteiger partial charge in [-0.2, -0.15) is 0 Å². The molecular weight excluding hydrogens is 288 g/mol. The average Bonchev–Trinajstić information content (AvgIpc) is 3.28. The molecule has 0 atom stereocenters. The minimum atomic E-state index is 0.198. The van der Waals surface area contributed by atoms with E-state index in [-0.39, 0.29) is 5.91 Å². The lowest BCUT2D eigenvalue weighted by Crippen LogP contribution is -2.43. The fourth-order valence-corrected chi connectivity index (χ4v) is 3.63. The highest BCUT2D eigenvalue weighted by atomic mass is 16.3. The first kappa shape index (κ1) is 14.5. The maximum atomic E-state index is 13.0. The summed E-state index contributed by atoms with van der Waals surface area (Å²) in [6.45, 7) is 0. The van der Waals surface area contributed by atoms with E-state index in [0.717, 1.165) is 16.9 Å². The summed E-state index contributed by atoms with van der Waals surface area (Å²) in [6.07, 6.45) is 11.6. The van der Waals surface area contributed by atoms with Crippen molar-refractivity contribution in [2.24, 2.45) is 0 Å². The Balaban J connectivity index is 1.54. The molecule has 2 aliphatic rings. The molecule has 4 heteroatoms. The van der Waals surface area contributed by atoms with Crippen LogP contribution in [0.25, 0.3) is 11.3 Å². The van der Waals surface area contributed by atoms with Crippen molar-refractivity contribution < 1.29 is 9.21 Å². The molecular formula is C19H22N2O2. The molecule has 120 valence electrons. The topological polar surface area (TPSA) is 46.3 Å². The summed E-state index contributed by atoms with van der Waals surface area (Å²) in [7, 11) is 0. The van der Waals surface area contributed by atoms with Gasteiger partial charge >= 0.3 is 0 Å². The van der Waals surface area contributed by atoms with Crippen molar-refractivity contribution in [1.82, 2.24) is 9.88 Å². The second-order valence-corrected chi connectivity index (χ2v) is 6.68. The standard InChI is InChI=1S/C19H22N2O2/c22-19(21(17-10-11-17)16-4-2-1-3-5-16)15-8-6-14(7-9-15)18-12-20-13-23-18/h6-9,12-13,16-17H,1-5,10-11H2. The number of carbonyl (C=O) groups excluding carboxylic acids is 1. The molecule has 1 heterocycles. The summed E-state index contributed by atoms with van der Waals surface area (Å²) < 4.78 is 5.30. The maximum Gasteiger partial charge on any atom is 0.254 e. The monoisotopic (exact) mass is 310 g/mol. The van der Waals surface area contributed by atoms with Crippen LogP contribution in [-0.2, 0) is 0 Å². The van der Waals surface area contributed by atoms with Crippen molar-refractivity contribution in [3.63, 3.8) is 0 Å². The third-order valence-electron chi connectivity index (χ3n) is 4.99. The van der Waals surface area contributed by atoms with E-state index in [1.54, 1.807) is 6.20 Å². The van der Waals surface area contributed by atoms with Crippen LogP contribution in [0.4, 0.5) is 0 Å². The van der Waals surface area contributed by atoms with Crippen LogP contribution < -0.4 is 0 Å². The third-order valence-corrected chi connectivity index (χ3v) is 4.99. The van der Waals surface area contributed by atoms with E-state index in [9.17, 15) is 4.79 Å². The van der Waals surface area contributed by atoms with E-state index in [1.165, 1.54) is 51.3 Å². The van der Waals surface area contributed by atoms with Crippen LogP contribution in [0.5, 0.6) is 0 Å². The highest BCUT2D eigenvalue weighted by Crippen LogP contribution is 2.35. The van der Waals surface area contributed by atoms with E-state index in [0.29, 0.717) is 12.1 Å². The van der Waals surface area contributed by atoms with Gasteiger partial charge in [-0.1, -0.05) is 31.4 Å². The number of benzene rings is 1. The zero-order valence-corrected chi connectivity index (χ0v) is 13.3. The van der Waals surface area contributed by atoms with Crippen LogP contribution in [0.2, 0.25) is 0 Å². The van der Waals surface area contributed by atoms with Crippen LogP contribution in [-0.4, -0.2) is 27.9 Å². The van der Waals surface area contributed by atoms with Gasteiger partial charge < -0.3 is 9.32 Å². The average molecular weight is 310 g/mol. The van der Waals surface area contributed by atoms with Gasteiger partial charge in [0.1, 0.15) is 0 Å². The lowest BCUT2D eigenvalue weighted by atomic mass is 9.93. The van der Waals surface area contributed by atoms with Crippen molar-refractivity contribution in [1.29, 1.82) is 0 Å². The van der Waals surface area contributed by atoms with E-state index in [2.05, 4.69) is 9.88 Å². The first-order valence-corrected chi connectivity index (χ1v) is 8.64. The molecule has 1 aromatic heterocycles. The fraction of sp³-hybridized carbons (Fsp3) is 0.474. The maximum absolute atomic E-state index is 13.0. The van der Waals surface area contributed by atoms with Crippen molar-refractivity contribution in [3.05, 3.63) is 42.4 Å². The number of aromatic nitrogens is 1. The highest BCUT2D eigenvalue weighted by molar-refractivity contribution is 5.95. The molecule has 0 N–H and O–H groups in total. The van der Waals surface area contributed by atoms with Crippen LogP contribution in [0.3, 0.4) is 0 Å². The molecule has 0 spiro atoms. The summed E-state index contributed by atoms with van der Waals surface area (Å²) in [5, 5.41) is 0.